The first-order chi connectivity index (χ1) is 17.4. The summed E-state index contributed by atoms with van der Waals surface area (Å²) in [5.74, 6) is -1.26. The van der Waals surface area contributed by atoms with Gasteiger partial charge in [-0.1, -0.05) is 26.0 Å². The number of carbonyl (C=O) groups is 1. The highest BCUT2D eigenvalue weighted by molar-refractivity contribution is 6.09. The topological polar surface area (TPSA) is 56.1 Å². The molecule has 2 aromatic heterocycles. The van der Waals surface area contributed by atoms with Crippen molar-refractivity contribution in [3.8, 4) is 5.75 Å². The van der Waals surface area contributed by atoms with Crippen molar-refractivity contribution in [2.45, 2.75) is 58.2 Å². The molecule has 0 atom stereocenters. The highest BCUT2D eigenvalue weighted by Crippen LogP contribution is 2.35. The predicted octanol–water partition coefficient (Wildman–Crippen LogP) is 6.35. The first-order valence-corrected chi connectivity index (χ1v) is 12.3. The zero-order valence-electron chi connectivity index (χ0n) is 20.4. The van der Waals surface area contributed by atoms with Gasteiger partial charge in [0.15, 0.2) is 11.6 Å². The van der Waals surface area contributed by atoms with Gasteiger partial charge >= 0.3 is 0 Å². The normalized spacial score (nSPS) is 13.7. The molecule has 5 rings (SSSR count). The van der Waals surface area contributed by atoms with E-state index in [0.29, 0.717) is 17.7 Å². The molecule has 7 heteroatoms. The third-order valence-corrected chi connectivity index (χ3v) is 6.71. The summed E-state index contributed by atoms with van der Waals surface area (Å²) in [6.45, 7) is 4.77. The van der Waals surface area contributed by atoms with Gasteiger partial charge in [0.05, 0.1) is 17.2 Å². The lowest BCUT2D eigenvalue weighted by Crippen LogP contribution is -2.24. The predicted molar refractivity (Wildman–Crippen MR) is 135 cm³/mol. The summed E-state index contributed by atoms with van der Waals surface area (Å²) in [6, 6.07) is 13.4. The zero-order valence-corrected chi connectivity index (χ0v) is 20.4. The number of aromatic nitrogens is 2. The van der Waals surface area contributed by atoms with Crippen LogP contribution in [0, 0.1) is 11.6 Å². The maximum Gasteiger partial charge on any atom is 0.254 e. The lowest BCUT2D eigenvalue weighted by Gasteiger charge is -2.26. The largest absolute Gasteiger partial charge is 0.490 e. The molecule has 1 fully saturated rings. The molecule has 4 aromatic rings. The highest BCUT2D eigenvalue weighted by atomic mass is 19.2. The van der Waals surface area contributed by atoms with E-state index in [1.165, 1.54) is 12.5 Å². The van der Waals surface area contributed by atoms with Crippen LogP contribution < -0.4 is 10.1 Å². The summed E-state index contributed by atoms with van der Waals surface area (Å²) in [4.78, 5) is 17.8. The molecule has 0 saturated heterocycles. The number of carbonyl (C=O) groups excluding carboxylic acids is 1. The average molecular weight is 490 g/mol. The van der Waals surface area contributed by atoms with E-state index in [9.17, 15) is 13.6 Å². The van der Waals surface area contributed by atoms with Crippen molar-refractivity contribution in [1.29, 1.82) is 0 Å². The smallest absolute Gasteiger partial charge is 0.254 e. The zero-order chi connectivity index (χ0) is 25.2. The van der Waals surface area contributed by atoms with Crippen molar-refractivity contribution in [3.05, 3.63) is 94.9 Å². The molecule has 2 heterocycles. The Balaban J connectivity index is 1.55. The lowest BCUT2D eigenvalue weighted by molar-refractivity contribution is 0.0950. The Morgan fingerprint density at radius 2 is 1.94 bits per heavy atom. The van der Waals surface area contributed by atoms with E-state index in [-0.39, 0.29) is 24.5 Å². The van der Waals surface area contributed by atoms with E-state index < -0.39 is 11.6 Å². The second-order valence-corrected chi connectivity index (χ2v) is 9.64. The van der Waals surface area contributed by atoms with Gasteiger partial charge in [0.25, 0.3) is 5.91 Å². The number of hydrogen-bond donors (Lipinski definition) is 1. The Morgan fingerprint density at radius 1 is 1.11 bits per heavy atom. The molecular weight excluding hydrogens is 460 g/mol. The lowest BCUT2D eigenvalue weighted by atomic mass is 9.96. The number of nitrogens with one attached hydrogen (secondary N) is 1. The van der Waals surface area contributed by atoms with E-state index in [2.05, 4.69) is 28.7 Å². The van der Waals surface area contributed by atoms with E-state index in [0.717, 1.165) is 52.9 Å². The first-order valence-electron chi connectivity index (χ1n) is 12.3. The molecule has 0 bridgehead atoms. The Morgan fingerprint density at radius 3 is 2.61 bits per heavy atom. The summed E-state index contributed by atoms with van der Waals surface area (Å²) in [5.41, 5.74) is 3.91. The Labute approximate surface area is 209 Å². The van der Waals surface area contributed by atoms with Gasteiger partial charge in [0, 0.05) is 42.6 Å². The third-order valence-electron chi connectivity index (χ3n) is 6.71. The second kappa shape index (κ2) is 10.1. The molecule has 186 valence electrons. The van der Waals surface area contributed by atoms with Gasteiger partial charge in [0.1, 0.15) is 5.75 Å². The first kappa shape index (κ1) is 24.0. The quantitative estimate of drug-likeness (QED) is 0.314. The van der Waals surface area contributed by atoms with Crippen molar-refractivity contribution < 1.29 is 18.3 Å². The van der Waals surface area contributed by atoms with Gasteiger partial charge in [-0.05, 0) is 66.6 Å². The highest BCUT2D eigenvalue weighted by Gasteiger charge is 2.26. The van der Waals surface area contributed by atoms with E-state index in [1.807, 2.05) is 36.5 Å². The van der Waals surface area contributed by atoms with Crippen LogP contribution in [0.1, 0.15) is 66.2 Å². The summed E-state index contributed by atoms with van der Waals surface area (Å²) < 4.78 is 35.3. The van der Waals surface area contributed by atoms with Gasteiger partial charge in [-0.15, -0.1) is 0 Å². The van der Waals surface area contributed by atoms with Crippen LogP contribution in [0.4, 0.5) is 8.78 Å². The summed E-state index contributed by atoms with van der Waals surface area (Å²) in [7, 11) is 0. The number of hydrogen-bond acceptors (Lipinski definition) is 3. The van der Waals surface area contributed by atoms with Gasteiger partial charge in [-0.3, -0.25) is 9.78 Å². The molecule has 5 nitrogen and oxygen atoms in total. The molecule has 0 unspecified atom stereocenters. The van der Waals surface area contributed by atoms with Crippen LogP contribution in [0.15, 0.2) is 60.9 Å². The van der Waals surface area contributed by atoms with Crippen LogP contribution in [-0.2, 0) is 13.1 Å². The fourth-order valence-corrected chi connectivity index (χ4v) is 4.71. The summed E-state index contributed by atoms with van der Waals surface area (Å²) in [5, 5.41) is 3.73. The summed E-state index contributed by atoms with van der Waals surface area (Å²) in [6.07, 6.45) is 7.11. The number of fused-ring (bicyclic) bond motifs is 1. The minimum absolute atomic E-state index is 0.0501. The van der Waals surface area contributed by atoms with Crippen LogP contribution in [-0.4, -0.2) is 21.6 Å². The van der Waals surface area contributed by atoms with Gasteiger partial charge < -0.3 is 14.6 Å². The molecule has 1 saturated carbocycles. The minimum Gasteiger partial charge on any atom is -0.490 e. The number of pyridine rings is 1. The molecule has 1 aliphatic carbocycles. The second-order valence-electron chi connectivity index (χ2n) is 9.64. The molecule has 0 spiro atoms. The SMILES string of the molecule is CC(C)c1c(C(=O)NCc2ccc(F)c(F)c2)c2ccc(OC3CCC3)cc2n1Cc1cccnc1. The standard InChI is InChI=1S/C29H29F2N3O2/c1-18(2)28-27(29(35)33-16-19-8-11-24(30)25(31)13-19)23-10-9-22(36-21-6-3-7-21)14-26(23)34(28)17-20-5-4-12-32-15-20/h4-5,8-15,18,21H,3,6-7,16-17H2,1-2H3,(H,33,35). The molecule has 36 heavy (non-hydrogen) atoms. The number of ether oxygens (including phenoxy) is 1. The number of amides is 1. The fourth-order valence-electron chi connectivity index (χ4n) is 4.71. The minimum atomic E-state index is -0.934. The number of rotatable bonds is 8. The van der Waals surface area contributed by atoms with Crippen molar-refractivity contribution in [1.82, 2.24) is 14.9 Å². The Hall–Kier alpha value is -3.74. The molecule has 2 aromatic carbocycles. The van der Waals surface area contributed by atoms with Crippen LogP contribution in [0.3, 0.4) is 0 Å². The third kappa shape index (κ3) is 4.83. The molecular formula is C29H29F2N3O2. The van der Waals surface area contributed by atoms with Crippen LogP contribution >= 0.6 is 0 Å². The monoisotopic (exact) mass is 489 g/mol. The molecule has 0 aliphatic heterocycles. The number of nitrogens with zero attached hydrogens (tertiary/aromatic N) is 2. The maximum atomic E-state index is 13.7. The van der Waals surface area contributed by atoms with Crippen LogP contribution in [0.5, 0.6) is 5.75 Å². The molecule has 1 amide bonds. The van der Waals surface area contributed by atoms with E-state index in [4.69, 9.17) is 4.74 Å². The molecule has 1 N–H and O–H groups in total. The van der Waals surface area contributed by atoms with Crippen molar-refractivity contribution >= 4 is 16.8 Å². The van der Waals surface area contributed by atoms with E-state index in [1.54, 1.807) is 6.20 Å². The Kier molecular flexibility index (Phi) is 6.72. The van der Waals surface area contributed by atoms with Crippen molar-refractivity contribution in [3.63, 3.8) is 0 Å². The van der Waals surface area contributed by atoms with Crippen molar-refractivity contribution in [2.75, 3.05) is 0 Å². The fraction of sp³-hybridized carbons (Fsp3) is 0.310. The van der Waals surface area contributed by atoms with Crippen LogP contribution in [0.25, 0.3) is 10.9 Å². The van der Waals surface area contributed by atoms with Crippen LogP contribution in [0.2, 0.25) is 0 Å². The molecule has 0 radical (unpaired) electrons. The number of benzene rings is 2. The van der Waals surface area contributed by atoms with Crippen molar-refractivity contribution in [2.24, 2.45) is 0 Å². The van der Waals surface area contributed by atoms with Gasteiger partial charge in [0.2, 0.25) is 0 Å². The van der Waals surface area contributed by atoms with E-state index >= 15 is 0 Å². The maximum absolute atomic E-state index is 13.7. The number of halogens is 2. The summed E-state index contributed by atoms with van der Waals surface area (Å²) >= 11 is 0. The van der Waals surface area contributed by atoms with Gasteiger partial charge in [-0.25, -0.2) is 8.78 Å². The molecule has 1 aliphatic rings. The average Bonchev–Trinajstić information content (AvgIpc) is 3.16. The van der Waals surface area contributed by atoms with Gasteiger partial charge in [-0.2, -0.15) is 0 Å². The Bertz CT molecular complexity index is 1390.